The molecule has 0 radical (unpaired) electrons. The van der Waals surface area contributed by atoms with Crippen molar-refractivity contribution in [3.8, 4) is 6.01 Å². The monoisotopic (exact) mass is 367 g/mol. The third kappa shape index (κ3) is 4.11. The first kappa shape index (κ1) is 17.1. The first-order chi connectivity index (χ1) is 13.2. The number of hydrogen-bond acceptors (Lipinski definition) is 5. The molecule has 1 aliphatic rings. The number of ether oxygens (including phenoxy) is 1. The van der Waals surface area contributed by atoms with Crippen LogP contribution in [-0.4, -0.2) is 49.5 Å². The predicted octanol–water partition coefficient (Wildman–Crippen LogP) is 2.15. The maximum atomic E-state index is 12.9. The molecular formula is C19H18FN5O2. The van der Waals surface area contributed by atoms with Gasteiger partial charge in [0.25, 0.3) is 5.91 Å². The van der Waals surface area contributed by atoms with Gasteiger partial charge in [0, 0.05) is 37.5 Å². The number of nitrogens with zero attached hydrogens (tertiary/aromatic N) is 5. The molecule has 7 nitrogen and oxygen atoms in total. The molecule has 1 aliphatic heterocycles. The topological polar surface area (TPSA) is 73.1 Å². The van der Waals surface area contributed by atoms with Crippen molar-refractivity contribution in [2.24, 2.45) is 0 Å². The van der Waals surface area contributed by atoms with Gasteiger partial charge in [-0.1, -0.05) is 12.1 Å². The molecule has 1 aromatic carbocycles. The first-order valence-corrected chi connectivity index (χ1v) is 8.65. The highest BCUT2D eigenvalue weighted by Gasteiger charge is 2.28. The molecule has 3 heterocycles. The molecule has 1 fully saturated rings. The van der Waals surface area contributed by atoms with Crippen LogP contribution in [0.5, 0.6) is 6.01 Å². The Morgan fingerprint density at radius 3 is 2.70 bits per heavy atom. The zero-order chi connectivity index (χ0) is 18.6. The minimum Gasteiger partial charge on any atom is -0.458 e. The molecule has 0 unspecified atom stereocenters. The third-order valence-corrected chi connectivity index (χ3v) is 4.43. The summed E-state index contributed by atoms with van der Waals surface area (Å²) >= 11 is 0. The number of likely N-dealkylation sites (tertiary alicyclic amines) is 1. The fourth-order valence-corrected chi connectivity index (χ4v) is 3.05. The van der Waals surface area contributed by atoms with Gasteiger partial charge < -0.3 is 14.2 Å². The minimum absolute atomic E-state index is 0.0321. The van der Waals surface area contributed by atoms with E-state index in [1.807, 2.05) is 35.0 Å². The Balaban J connectivity index is 1.34. The average molecular weight is 367 g/mol. The van der Waals surface area contributed by atoms with E-state index in [4.69, 9.17) is 4.74 Å². The number of benzene rings is 1. The maximum Gasteiger partial charge on any atom is 0.316 e. The molecule has 0 N–H and O–H groups in total. The van der Waals surface area contributed by atoms with Gasteiger partial charge in [-0.15, -0.1) is 0 Å². The van der Waals surface area contributed by atoms with E-state index in [-0.39, 0.29) is 18.0 Å². The van der Waals surface area contributed by atoms with E-state index < -0.39 is 5.82 Å². The van der Waals surface area contributed by atoms with Gasteiger partial charge in [-0.25, -0.2) is 19.3 Å². The normalized spacial score (nSPS) is 16.5. The van der Waals surface area contributed by atoms with Crippen LogP contribution in [0.3, 0.4) is 0 Å². The van der Waals surface area contributed by atoms with Crippen molar-refractivity contribution < 1.29 is 13.9 Å². The Kier molecular flexibility index (Phi) is 4.78. The number of halogens is 1. The summed E-state index contributed by atoms with van der Waals surface area (Å²) in [5.41, 5.74) is 1.74. The smallest absolute Gasteiger partial charge is 0.316 e. The van der Waals surface area contributed by atoms with E-state index in [0.717, 1.165) is 18.0 Å². The van der Waals surface area contributed by atoms with E-state index in [1.54, 1.807) is 17.4 Å². The second-order valence-electron chi connectivity index (χ2n) is 6.40. The Hall–Kier alpha value is -3.29. The van der Waals surface area contributed by atoms with E-state index >= 15 is 0 Å². The predicted molar refractivity (Wildman–Crippen MR) is 94.7 cm³/mol. The van der Waals surface area contributed by atoms with Crippen molar-refractivity contribution in [1.82, 2.24) is 24.4 Å². The van der Waals surface area contributed by atoms with Crippen LogP contribution in [0.4, 0.5) is 4.39 Å². The van der Waals surface area contributed by atoms with Crippen LogP contribution in [-0.2, 0) is 6.54 Å². The van der Waals surface area contributed by atoms with Crippen LogP contribution < -0.4 is 4.74 Å². The SMILES string of the molecule is O=C(c1ccc(Cn2ccnc2)cc1)N1CC[C@H](Oc2ncc(F)cn2)C1. The summed E-state index contributed by atoms with van der Waals surface area (Å²) in [5.74, 6) is -0.544. The van der Waals surface area contributed by atoms with Crippen molar-refractivity contribution in [2.45, 2.75) is 19.1 Å². The minimum atomic E-state index is -0.512. The number of hydrogen-bond donors (Lipinski definition) is 0. The van der Waals surface area contributed by atoms with Gasteiger partial charge in [-0.05, 0) is 17.7 Å². The highest BCUT2D eigenvalue weighted by molar-refractivity contribution is 5.94. The largest absolute Gasteiger partial charge is 0.458 e. The molecule has 1 amide bonds. The molecule has 138 valence electrons. The molecule has 0 aliphatic carbocycles. The standard InChI is InChI=1S/C19H18FN5O2/c20-16-9-22-19(23-10-16)27-17-5-7-25(12-17)18(26)15-3-1-14(2-4-15)11-24-8-6-21-13-24/h1-4,6,8-10,13,17H,5,7,11-12H2/t17-/m0/s1. The second-order valence-corrected chi connectivity index (χ2v) is 6.40. The molecule has 2 aromatic heterocycles. The third-order valence-electron chi connectivity index (χ3n) is 4.43. The number of rotatable bonds is 5. The number of carbonyl (C=O) groups excluding carboxylic acids is 1. The maximum absolute atomic E-state index is 12.9. The van der Waals surface area contributed by atoms with Gasteiger partial charge in [0.2, 0.25) is 0 Å². The average Bonchev–Trinajstić information content (AvgIpc) is 3.36. The van der Waals surface area contributed by atoms with E-state index in [1.165, 1.54) is 0 Å². The van der Waals surface area contributed by atoms with Crippen molar-refractivity contribution in [1.29, 1.82) is 0 Å². The van der Waals surface area contributed by atoms with Crippen LogP contribution >= 0.6 is 0 Å². The van der Waals surface area contributed by atoms with Crippen LogP contribution in [0.1, 0.15) is 22.3 Å². The Morgan fingerprint density at radius 2 is 2.00 bits per heavy atom. The van der Waals surface area contributed by atoms with E-state index in [2.05, 4.69) is 15.0 Å². The van der Waals surface area contributed by atoms with Crippen molar-refractivity contribution in [2.75, 3.05) is 13.1 Å². The summed E-state index contributed by atoms with van der Waals surface area (Å²) in [6, 6.07) is 7.70. The van der Waals surface area contributed by atoms with Gasteiger partial charge in [-0.2, -0.15) is 0 Å². The second kappa shape index (κ2) is 7.53. The number of amides is 1. The quantitative estimate of drug-likeness (QED) is 0.691. The molecule has 27 heavy (non-hydrogen) atoms. The lowest BCUT2D eigenvalue weighted by atomic mass is 10.1. The summed E-state index contributed by atoms with van der Waals surface area (Å²) < 4.78 is 20.5. The van der Waals surface area contributed by atoms with Gasteiger partial charge in [0.05, 0.1) is 25.3 Å². The molecule has 1 atom stereocenters. The highest BCUT2D eigenvalue weighted by Crippen LogP contribution is 2.18. The Labute approximate surface area is 155 Å². The summed E-state index contributed by atoms with van der Waals surface area (Å²) in [5, 5.41) is 0. The summed E-state index contributed by atoms with van der Waals surface area (Å²) in [6.07, 6.45) is 8.01. The summed E-state index contributed by atoms with van der Waals surface area (Å²) in [6.45, 7) is 1.77. The Morgan fingerprint density at radius 1 is 1.22 bits per heavy atom. The van der Waals surface area contributed by atoms with Gasteiger partial charge in [-0.3, -0.25) is 4.79 Å². The van der Waals surface area contributed by atoms with Crippen LogP contribution in [0.2, 0.25) is 0 Å². The molecule has 4 rings (SSSR count). The molecule has 0 saturated carbocycles. The van der Waals surface area contributed by atoms with Gasteiger partial charge >= 0.3 is 6.01 Å². The first-order valence-electron chi connectivity index (χ1n) is 8.65. The van der Waals surface area contributed by atoms with Crippen molar-refractivity contribution in [3.63, 3.8) is 0 Å². The number of carbonyl (C=O) groups is 1. The van der Waals surface area contributed by atoms with Crippen molar-refractivity contribution in [3.05, 3.63) is 72.3 Å². The summed E-state index contributed by atoms with van der Waals surface area (Å²) in [4.78, 5) is 26.0. The fourth-order valence-electron chi connectivity index (χ4n) is 3.05. The van der Waals surface area contributed by atoms with E-state index in [9.17, 15) is 9.18 Å². The van der Waals surface area contributed by atoms with Crippen LogP contribution in [0, 0.1) is 5.82 Å². The zero-order valence-electron chi connectivity index (χ0n) is 14.5. The lowest BCUT2D eigenvalue weighted by Crippen LogP contribution is -2.31. The van der Waals surface area contributed by atoms with Crippen molar-refractivity contribution >= 4 is 5.91 Å². The fraction of sp³-hybridized carbons (Fsp3) is 0.263. The van der Waals surface area contributed by atoms with E-state index in [0.29, 0.717) is 31.6 Å². The molecule has 3 aromatic rings. The lowest BCUT2D eigenvalue weighted by molar-refractivity contribution is 0.0769. The highest BCUT2D eigenvalue weighted by atomic mass is 19.1. The van der Waals surface area contributed by atoms with Crippen LogP contribution in [0.25, 0.3) is 0 Å². The molecule has 0 spiro atoms. The number of aromatic nitrogens is 4. The van der Waals surface area contributed by atoms with Gasteiger partial charge in [0.1, 0.15) is 6.10 Å². The molecular weight excluding hydrogens is 349 g/mol. The molecule has 1 saturated heterocycles. The number of imidazole rings is 1. The lowest BCUT2D eigenvalue weighted by Gasteiger charge is -2.17. The van der Waals surface area contributed by atoms with Crippen LogP contribution in [0.15, 0.2) is 55.4 Å². The van der Waals surface area contributed by atoms with Gasteiger partial charge in [0.15, 0.2) is 5.82 Å². The Bertz CT molecular complexity index is 897. The molecule has 8 heteroatoms. The molecule has 0 bridgehead atoms. The zero-order valence-corrected chi connectivity index (χ0v) is 14.5. The summed E-state index contributed by atoms with van der Waals surface area (Å²) in [7, 11) is 0.